The molecule has 3 rings (SSSR count). The molecule has 2 aromatic heterocycles. The van der Waals surface area contributed by atoms with Crippen molar-refractivity contribution in [3.05, 3.63) is 30.4 Å². The van der Waals surface area contributed by atoms with Crippen LogP contribution in [0.15, 0.2) is 29.0 Å². The Balaban J connectivity index is 1.87. The van der Waals surface area contributed by atoms with Crippen molar-refractivity contribution in [2.75, 3.05) is 6.54 Å². The van der Waals surface area contributed by atoms with Crippen LogP contribution in [0.4, 0.5) is 0 Å². The third-order valence-corrected chi connectivity index (χ3v) is 2.74. The molecule has 0 radical (unpaired) electrons. The van der Waals surface area contributed by atoms with E-state index in [0.29, 0.717) is 5.89 Å². The van der Waals surface area contributed by atoms with Gasteiger partial charge in [-0.1, -0.05) is 5.16 Å². The Morgan fingerprint density at radius 1 is 1.31 bits per heavy atom. The van der Waals surface area contributed by atoms with Crippen molar-refractivity contribution in [2.45, 2.75) is 18.9 Å². The third-order valence-electron chi connectivity index (χ3n) is 2.74. The molecule has 5 nitrogen and oxygen atoms in total. The van der Waals surface area contributed by atoms with Crippen molar-refractivity contribution >= 4 is 0 Å². The van der Waals surface area contributed by atoms with Crippen molar-refractivity contribution in [2.24, 2.45) is 0 Å². The third kappa shape index (κ3) is 1.69. The zero-order chi connectivity index (χ0) is 10.8. The molecule has 0 aromatic carbocycles. The first kappa shape index (κ1) is 9.47. The van der Waals surface area contributed by atoms with Crippen LogP contribution in [0, 0.1) is 0 Å². The second-order valence-electron chi connectivity index (χ2n) is 3.84. The SMILES string of the molecule is c1cc(-c2nc(C3CCCN3)no2)ccn1. The minimum absolute atomic E-state index is 0.249. The molecule has 16 heavy (non-hydrogen) atoms. The largest absolute Gasteiger partial charge is 0.334 e. The molecule has 1 saturated heterocycles. The molecule has 0 spiro atoms. The van der Waals surface area contributed by atoms with E-state index in [0.717, 1.165) is 24.4 Å². The van der Waals surface area contributed by atoms with E-state index in [2.05, 4.69) is 20.4 Å². The highest BCUT2D eigenvalue weighted by Crippen LogP contribution is 2.23. The van der Waals surface area contributed by atoms with Crippen LogP contribution in [0.25, 0.3) is 11.5 Å². The maximum absolute atomic E-state index is 5.23. The van der Waals surface area contributed by atoms with Gasteiger partial charge in [0, 0.05) is 18.0 Å². The van der Waals surface area contributed by atoms with Gasteiger partial charge < -0.3 is 9.84 Å². The number of rotatable bonds is 2. The van der Waals surface area contributed by atoms with Crippen molar-refractivity contribution in [1.82, 2.24) is 20.4 Å². The Kier molecular flexibility index (Phi) is 2.38. The van der Waals surface area contributed by atoms with Crippen LogP contribution < -0.4 is 5.32 Å². The highest BCUT2D eigenvalue weighted by atomic mass is 16.5. The summed E-state index contributed by atoms with van der Waals surface area (Å²) in [4.78, 5) is 8.35. The molecule has 1 fully saturated rings. The second kappa shape index (κ2) is 4.02. The van der Waals surface area contributed by atoms with Gasteiger partial charge in [-0.3, -0.25) is 4.98 Å². The van der Waals surface area contributed by atoms with Crippen molar-refractivity contribution in [3.63, 3.8) is 0 Å². The van der Waals surface area contributed by atoms with E-state index in [1.54, 1.807) is 12.4 Å². The second-order valence-corrected chi connectivity index (χ2v) is 3.84. The van der Waals surface area contributed by atoms with Gasteiger partial charge in [0.05, 0.1) is 6.04 Å². The Hall–Kier alpha value is -1.75. The molecule has 2 aromatic rings. The summed E-state index contributed by atoms with van der Waals surface area (Å²) in [6.45, 7) is 1.03. The number of pyridine rings is 1. The molecule has 0 aliphatic carbocycles. The highest BCUT2D eigenvalue weighted by molar-refractivity contribution is 5.51. The zero-order valence-corrected chi connectivity index (χ0v) is 8.76. The Labute approximate surface area is 92.9 Å². The van der Waals surface area contributed by atoms with Gasteiger partial charge >= 0.3 is 0 Å². The molecule has 1 N–H and O–H groups in total. The fourth-order valence-corrected chi connectivity index (χ4v) is 1.89. The molecular formula is C11H12N4O. The quantitative estimate of drug-likeness (QED) is 0.825. The maximum atomic E-state index is 5.23. The summed E-state index contributed by atoms with van der Waals surface area (Å²) in [5.74, 6) is 1.32. The number of hydrogen-bond donors (Lipinski definition) is 1. The summed E-state index contributed by atoms with van der Waals surface area (Å²) < 4.78 is 5.23. The number of nitrogens with zero attached hydrogens (tertiary/aromatic N) is 3. The smallest absolute Gasteiger partial charge is 0.258 e. The van der Waals surface area contributed by atoms with E-state index in [-0.39, 0.29) is 6.04 Å². The van der Waals surface area contributed by atoms with Gasteiger partial charge in [0.25, 0.3) is 5.89 Å². The van der Waals surface area contributed by atoms with Crippen molar-refractivity contribution in [3.8, 4) is 11.5 Å². The molecule has 0 bridgehead atoms. The summed E-state index contributed by atoms with van der Waals surface area (Å²) in [5, 5.41) is 7.35. The molecule has 0 amide bonds. The topological polar surface area (TPSA) is 63.8 Å². The summed E-state index contributed by atoms with van der Waals surface area (Å²) in [6, 6.07) is 3.97. The summed E-state index contributed by atoms with van der Waals surface area (Å²) in [5.41, 5.74) is 0.909. The lowest BCUT2D eigenvalue weighted by Crippen LogP contribution is -2.14. The van der Waals surface area contributed by atoms with E-state index < -0.39 is 0 Å². The van der Waals surface area contributed by atoms with E-state index in [9.17, 15) is 0 Å². The molecule has 1 aliphatic heterocycles. The predicted molar refractivity (Wildman–Crippen MR) is 57.5 cm³/mol. The average molecular weight is 216 g/mol. The van der Waals surface area contributed by atoms with Gasteiger partial charge in [0.1, 0.15) is 0 Å². The molecule has 1 atom stereocenters. The fourth-order valence-electron chi connectivity index (χ4n) is 1.89. The van der Waals surface area contributed by atoms with Gasteiger partial charge in [-0.05, 0) is 31.5 Å². The Morgan fingerprint density at radius 3 is 2.94 bits per heavy atom. The zero-order valence-electron chi connectivity index (χ0n) is 8.76. The summed E-state index contributed by atoms with van der Waals surface area (Å²) in [7, 11) is 0. The molecule has 0 saturated carbocycles. The summed E-state index contributed by atoms with van der Waals surface area (Å²) in [6.07, 6.45) is 5.68. The normalized spacial score (nSPS) is 20.1. The number of aromatic nitrogens is 3. The minimum atomic E-state index is 0.249. The van der Waals surface area contributed by atoms with E-state index in [4.69, 9.17) is 4.52 Å². The summed E-state index contributed by atoms with van der Waals surface area (Å²) >= 11 is 0. The van der Waals surface area contributed by atoms with Gasteiger partial charge in [0.2, 0.25) is 0 Å². The molecule has 1 unspecified atom stereocenters. The average Bonchev–Trinajstić information content (AvgIpc) is 3.01. The number of nitrogens with one attached hydrogen (secondary N) is 1. The van der Waals surface area contributed by atoms with E-state index in [1.807, 2.05) is 12.1 Å². The van der Waals surface area contributed by atoms with Crippen LogP contribution in [-0.2, 0) is 0 Å². The molecule has 3 heterocycles. The van der Waals surface area contributed by atoms with Crippen LogP contribution in [0.2, 0.25) is 0 Å². The van der Waals surface area contributed by atoms with Gasteiger partial charge in [-0.15, -0.1) is 0 Å². The van der Waals surface area contributed by atoms with Crippen LogP contribution in [-0.4, -0.2) is 21.7 Å². The molecule has 1 aliphatic rings. The monoisotopic (exact) mass is 216 g/mol. The minimum Gasteiger partial charge on any atom is -0.334 e. The first-order chi connectivity index (χ1) is 7.93. The first-order valence-electron chi connectivity index (χ1n) is 5.41. The lowest BCUT2D eigenvalue weighted by molar-refractivity contribution is 0.412. The Morgan fingerprint density at radius 2 is 2.19 bits per heavy atom. The molecule has 5 heteroatoms. The van der Waals surface area contributed by atoms with Crippen LogP contribution >= 0.6 is 0 Å². The van der Waals surface area contributed by atoms with Crippen molar-refractivity contribution < 1.29 is 4.52 Å². The number of hydrogen-bond acceptors (Lipinski definition) is 5. The van der Waals surface area contributed by atoms with Crippen LogP contribution in [0.3, 0.4) is 0 Å². The van der Waals surface area contributed by atoms with Gasteiger partial charge in [-0.2, -0.15) is 4.98 Å². The van der Waals surface area contributed by atoms with E-state index >= 15 is 0 Å². The first-order valence-corrected chi connectivity index (χ1v) is 5.41. The van der Waals surface area contributed by atoms with Crippen LogP contribution in [0.1, 0.15) is 24.7 Å². The Bertz CT molecular complexity index is 462. The van der Waals surface area contributed by atoms with Crippen molar-refractivity contribution in [1.29, 1.82) is 0 Å². The highest BCUT2D eigenvalue weighted by Gasteiger charge is 2.21. The van der Waals surface area contributed by atoms with E-state index in [1.165, 1.54) is 6.42 Å². The maximum Gasteiger partial charge on any atom is 0.258 e. The lowest BCUT2D eigenvalue weighted by Gasteiger charge is -2.01. The van der Waals surface area contributed by atoms with Gasteiger partial charge in [0.15, 0.2) is 5.82 Å². The van der Waals surface area contributed by atoms with Crippen LogP contribution in [0.5, 0.6) is 0 Å². The molecule has 82 valence electrons. The lowest BCUT2D eigenvalue weighted by atomic mass is 10.2. The van der Waals surface area contributed by atoms with Gasteiger partial charge in [-0.25, -0.2) is 0 Å². The standard InChI is InChI=1S/C11H12N4O/c1-2-9(13-5-1)10-14-11(16-15-10)8-3-6-12-7-4-8/h3-4,6-7,9,13H,1-2,5H2. The fraction of sp³-hybridized carbons (Fsp3) is 0.364. The predicted octanol–water partition coefficient (Wildman–Crippen LogP) is 1.56. The molecular weight excluding hydrogens is 204 g/mol.